The number of aromatic nitrogens is 2. The number of fused-ring (bicyclic) bond motifs is 1. The number of rotatable bonds is 6. The lowest BCUT2D eigenvalue weighted by molar-refractivity contribution is -0.139. The summed E-state index contributed by atoms with van der Waals surface area (Å²) < 4.78 is 5.55. The molecular weight excluding hydrogens is 344 g/mol. The van der Waals surface area contributed by atoms with Gasteiger partial charge in [0, 0.05) is 55.7 Å². The first-order valence-electron chi connectivity index (χ1n) is 9.38. The highest BCUT2D eigenvalue weighted by molar-refractivity contribution is 5.69. The number of hydrogen-bond donors (Lipinski definition) is 1. The number of carbonyl (C=O) groups is 1. The van der Waals surface area contributed by atoms with Crippen molar-refractivity contribution >= 4 is 5.97 Å². The summed E-state index contributed by atoms with van der Waals surface area (Å²) in [6.07, 6.45) is 7.62. The van der Waals surface area contributed by atoms with Crippen LogP contribution in [-0.2, 0) is 11.3 Å². The number of hydrogen-bond acceptors (Lipinski definition) is 6. The fourth-order valence-electron chi connectivity index (χ4n) is 4.05. The van der Waals surface area contributed by atoms with Gasteiger partial charge in [0.25, 0.3) is 0 Å². The molecule has 0 bridgehead atoms. The molecule has 27 heavy (non-hydrogen) atoms. The van der Waals surface area contributed by atoms with Crippen LogP contribution in [0.1, 0.15) is 18.4 Å². The van der Waals surface area contributed by atoms with Gasteiger partial charge in [-0.1, -0.05) is 6.07 Å². The lowest BCUT2D eigenvalue weighted by Gasteiger charge is -2.37. The molecule has 0 radical (unpaired) electrons. The number of ether oxygens (including phenoxy) is 1. The van der Waals surface area contributed by atoms with Crippen LogP contribution in [0.2, 0.25) is 0 Å². The van der Waals surface area contributed by atoms with Crippen LogP contribution in [0.4, 0.5) is 0 Å². The Kier molecular flexibility index (Phi) is 5.31. The first-order valence-corrected chi connectivity index (χ1v) is 9.38. The average Bonchev–Trinajstić information content (AvgIpc) is 3.15. The summed E-state index contributed by atoms with van der Waals surface area (Å²) in [6.45, 7) is 4.81. The molecule has 0 spiro atoms. The molecule has 2 saturated heterocycles. The lowest BCUT2D eigenvalue weighted by Crippen LogP contribution is -2.49. The Morgan fingerprint density at radius 2 is 2.04 bits per heavy atom. The summed E-state index contributed by atoms with van der Waals surface area (Å²) in [5.41, 5.74) is 2.95. The summed E-state index contributed by atoms with van der Waals surface area (Å²) >= 11 is 0. The van der Waals surface area contributed by atoms with Gasteiger partial charge >= 0.3 is 5.97 Å². The van der Waals surface area contributed by atoms with E-state index in [0.29, 0.717) is 11.8 Å². The molecule has 1 aromatic heterocycles. The number of piperazine rings is 1. The summed E-state index contributed by atoms with van der Waals surface area (Å²) in [7, 11) is 0. The van der Waals surface area contributed by atoms with Crippen molar-refractivity contribution in [3.63, 3.8) is 0 Å². The molecule has 2 aliphatic rings. The Bertz CT molecular complexity index is 799. The second kappa shape index (κ2) is 8.02. The van der Waals surface area contributed by atoms with Gasteiger partial charge in [0.2, 0.25) is 0 Å². The molecule has 1 N–H and O–H groups in total. The van der Waals surface area contributed by atoms with E-state index >= 15 is 0 Å². The summed E-state index contributed by atoms with van der Waals surface area (Å²) in [4.78, 5) is 24.1. The van der Waals surface area contributed by atoms with E-state index in [0.717, 1.165) is 42.9 Å². The Labute approximate surface area is 158 Å². The Hall–Kier alpha value is -2.51. The molecule has 0 saturated carbocycles. The summed E-state index contributed by atoms with van der Waals surface area (Å²) in [5, 5.41) is 8.96. The van der Waals surface area contributed by atoms with Gasteiger partial charge in [-0.25, -0.2) is 14.8 Å². The largest absolute Gasteiger partial charge is 0.482 e. The van der Waals surface area contributed by atoms with Crippen molar-refractivity contribution < 1.29 is 14.6 Å². The molecule has 142 valence electrons. The van der Waals surface area contributed by atoms with Crippen molar-refractivity contribution in [3.05, 3.63) is 42.5 Å². The van der Waals surface area contributed by atoms with E-state index in [4.69, 9.17) is 9.84 Å². The fourth-order valence-corrected chi connectivity index (χ4v) is 4.05. The van der Waals surface area contributed by atoms with E-state index in [2.05, 4.69) is 25.8 Å². The second-order valence-corrected chi connectivity index (χ2v) is 7.20. The van der Waals surface area contributed by atoms with Crippen LogP contribution >= 0.6 is 0 Å². The molecule has 4 rings (SSSR count). The van der Waals surface area contributed by atoms with Crippen molar-refractivity contribution in [2.75, 3.05) is 32.8 Å². The van der Waals surface area contributed by atoms with E-state index in [-0.39, 0.29) is 6.61 Å². The van der Waals surface area contributed by atoms with E-state index in [1.165, 1.54) is 25.7 Å². The predicted octanol–water partition coefficient (Wildman–Crippen LogP) is 1.89. The monoisotopic (exact) mass is 368 g/mol. The van der Waals surface area contributed by atoms with Crippen molar-refractivity contribution in [1.29, 1.82) is 0 Å². The molecule has 0 unspecified atom stereocenters. The second-order valence-electron chi connectivity index (χ2n) is 7.20. The number of aliphatic carboxylic acids is 1. The first-order chi connectivity index (χ1) is 13.2. The minimum atomic E-state index is -0.971. The van der Waals surface area contributed by atoms with Crippen molar-refractivity contribution in [3.8, 4) is 16.9 Å². The fraction of sp³-hybridized carbons (Fsp3) is 0.450. The minimum Gasteiger partial charge on any atom is -0.482 e. The van der Waals surface area contributed by atoms with Crippen LogP contribution in [-0.4, -0.2) is 69.7 Å². The van der Waals surface area contributed by atoms with Gasteiger partial charge in [0.1, 0.15) is 12.1 Å². The lowest BCUT2D eigenvalue weighted by atomic mass is 10.0. The quantitative estimate of drug-likeness (QED) is 0.834. The maximum Gasteiger partial charge on any atom is 0.341 e. The standard InChI is InChI=1S/C20H24N4O3/c25-20(26)13-27-19-4-3-15(17-9-21-14-22-10-17)8-16(19)11-23-6-7-24-5-1-2-18(24)12-23/h3-4,8-10,14,18H,1-2,5-7,11-13H2,(H,25,26)/t18-/m0/s1. The molecule has 0 aliphatic carbocycles. The molecule has 2 fully saturated rings. The molecule has 1 aromatic carbocycles. The van der Waals surface area contributed by atoms with Crippen LogP contribution in [0.5, 0.6) is 5.75 Å². The maximum atomic E-state index is 10.9. The van der Waals surface area contributed by atoms with Gasteiger partial charge in [0.05, 0.1) is 0 Å². The molecule has 0 amide bonds. The van der Waals surface area contributed by atoms with E-state index in [9.17, 15) is 4.79 Å². The van der Waals surface area contributed by atoms with Crippen LogP contribution in [0.15, 0.2) is 36.9 Å². The zero-order valence-corrected chi connectivity index (χ0v) is 15.3. The number of nitrogens with zero attached hydrogens (tertiary/aromatic N) is 4. The zero-order chi connectivity index (χ0) is 18.6. The van der Waals surface area contributed by atoms with E-state index < -0.39 is 5.97 Å². The molecule has 7 heteroatoms. The van der Waals surface area contributed by atoms with Crippen LogP contribution in [0, 0.1) is 0 Å². The third-order valence-electron chi connectivity index (χ3n) is 5.37. The average molecular weight is 368 g/mol. The van der Waals surface area contributed by atoms with Gasteiger partial charge in [-0.2, -0.15) is 0 Å². The molecule has 2 aromatic rings. The summed E-state index contributed by atoms with van der Waals surface area (Å²) in [5.74, 6) is -0.340. The Balaban J connectivity index is 1.56. The van der Waals surface area contributed by atoms with Crippen LogP contribution in [0.25, 0.3) is 11.1 Å². The van der Waals surface area contributed by atoms with Crippen molar-refractivity contribution in [2.24, 2.45) is 0 Å². The van der Waals surface area contributed by atoms with Gasteiger partial charge in [-0.3, -0.25) is 9.80 Å². The zero-order valence-electron chi connectivity index (χ0n) is 15.3. The number of carboxylic acids is 1. The Morgan fingerprint density at radius 1 is 1.19 bits per heavy atom. The highest BCUT2D eigenvalue weighted by Gasteiger charge is 2.30. The summed E-state index contributed by atoms with van der Waals surface area (Å²) in [6, 6.07) is 6.49. The predicted molar refractivity (Wildman–Crippen MR) is 100 cm³/mol. The smallest absolute Gasteiger partial charge is 0.341 e. The number of benzene rings is 1. The minimum absolute atomic E-state index is 0.336. The molecule has 3 heterocycles. The highest BCUT2D eigenvalue weighted by atomic mass is 16.5. The van der Waals surface area contributed by atoms with Gasteiger partial charge < -0.3 is 9.84 Å². The third kappa shape index (κ3) is 4.26. The van der Waals surface area contributed by atoms with E-state index in [1.54, 1.807) is 12.4 Å². The van der Waals surface area contributed by atoms with Crippen molar-refractivity contribution in [1.82, 2.24) is 19.8 Å². The van der Waals surface area contributed by atoms with Crippen molar-refractivity contribution in [2.45, 2.75) is 25.4 Å². The van der Waals surface area contributed by atoms with Gasteiger partial charge in [-0.15, -0.1) is 0 Å². The molecular formula is C20H24N4O3. The van der Waals surface area contributed by atoms with Crippen LogP contribution < -0.4 is 4.74 Å². The first kappa shape index (κ1) is 17.9. The normalized spacial score (nSPS) is 20.4. The Morgan fingerprint density at radius 3 is 2.85 bits per heavy atom. The topological polar surface area (TPSA) is 78.8 Å². The van der Waals surface area contributed by atoms with Gasteiger partial charge in [-0.05, 0) is 37.1 Å². The molecule has 2 aliphatic heterocycles. The molecule has 1 atom stereocenters. The third-order valence-corrected chi connectivity index (χ3v) is 5.37. The molecule has 7 nitrogen and oxygen atoms in total. The number of carboxylic acid groups (broad SMARTS) is 1. The highest BCUT2D eigenvalue weighted by Crippen LogP contribution is 2.29. The maximum absolute atomic E-state index is 10.9. The van der Waals surface area contributed by atoms with Crippen LogP contribution in [0.3, 0.4) is 0 Å². The van der Waals surface area contributed by atoms with Gasteiger partial charge in [0.15, 0.2) is 6.61 Å². The SMILES string of the molecule is O=C(O)COc1ccc(-c2cncnc2)cc1CN1CCN2CCC[C@H]2C1. The van der Waals surface area contributed by atoms with E-state index in [1.807, 2.05) is 12.1 Å².